The minimum absolute atomic E-state index is 0. The highest BCUT2D eigenvalue weighted by atomic mass is 79.9. The molecular weight excluding hydrogens is 318 g/mol. The van der Waals surface area contributed by atoms with Crippen LogP contribution in [-0.2, 0) is 0 Å². The molecule has 1 rings (SSSR count). The molecule has 0 spiro atoms. The van der Waals surface area contributed by atoms with Gasteiger partial charge in [-0.05, 0) is 25.7 Å². The van der Waals surface area contributed by atoms with Gasteiger partial charge < -0.3 is 21.5 Å². The largest absolute Gasteiger partial charge is 1.00 e. The molecule has 19 heavy (non-hydrogen) atoms. The number of rotatable bonds is 9. The first kappa shape index (κ1) is 19.8. The van der Waals surface area contributed by atoms with Crippen molar-refractivity contribution in [3.63, 3.8) is 0 Å². The fourth-order valence-corrected chi connectivity index (χ4v) is 3.54. The van der Waals surface area contributed by atoms with Crippen LogP contribution in [0.5, 0.6) is 0 Å². The van der Waals surface area contributed by atoms with Gasteiger partial charge in [0.05, 0.1) is 20.1 Å². The minimum atomic E-state index is 0. The summed E-state index contributed by atoms with van der Waals surface area (Å²) in [6.45, 7) is 4.99. The van der Waals surface area contributed by atoms with Gasteiger partial charge in [0, 0.05) is 6.42 Å². The van der Waals surface area contributed by atoms with E-state index in [9.17, 15) is 0 Å². The van der Waals surface area contributed by atoms with Crippen molar-refractivity contribution in [3.8, 4) is 0 Å². The van der Waals surface area contributed by atoms with Crippen molar-refractivity contribution < 1.29 is 21.5 Å². The van der Waals surface area contributed by atoms with Gasteiger partial charge in [-0.1, -0.05) is 45.4 Å². The molecule has 0 aromatic carbocycles. The summed E-state index contributed by atoms with van der Waals surface area (Å²) in [4.78, 5) is 0. The third-order valence-corrected chi connectivity index (χ3v) is 5.44. The molecule has 0 radical (unpaired) electrons. The number of halogens is 1. The van der Waals surface area contributed by atoms with Gasteiger partial charge in [-0.15, -0.1) is 12.6 Å². The van der Waals surface area contributed by atoms with E-state index < -0.39 is 0 Å². The molecular formula is C16H34BrNS. The van der Waals surface area contributed by atoms with E-state index in [1.807, 2.05) is 0 Å². The standard InChI is InChI=1S/C16H33NS.BrH/c1-3-4-5-6-7-8-10-13-16(18)17(2)14-11-9-12-15-17;/h16H,3-15H2,1-2H3;1H. The summed E-state index contributed by atoms with van der Waals surface area (Å²) >= 11 is 4.89. The highest BCUT2D eigenvalue weighted by Crippen LogP contribution is 2.26. The Morgan fingerprint density at radius 1 is 0.895 bits per heavy atom. The lowest BCUT2D eigenvalue weighted by molar-refractivity contribution is -0.923. The first-order valence-electron chi connectivity index (χ1n) is 8.21. The van der Waals surface area contributed by atoms with E-state index >= 15 is 0 Å². The van der Waals surface area contributed by atoms with E-state index in [-0.39, 0.29) is 17.0 Å². The lowest BCUT2D eigenvalue weighted by atomic mass is 10.1. The molecule has 1 fully saturated rings. The minimum Gasteiger partial charge on any atom is -1.00 e. The number of hydrogen-bond acceptors (Lipinski definition) is 1. The normalized spacial score (nSPS) is 19.7. The van der Waals surface area contributed by atoms with Gasteiger partial charge in [-0.2, -0.15) is 0 Å². The van der Waals surface area contributed by atoms with E-state index in [1.54, 1.807) is 0 Å². The number of quaternary nitrogens is 1. The molecule has 1 heterocycles. The van der Waals surface area contributed by atoms with Crippen LogP contribution < -0.4 is 17.0 Å². The van der Waals surface area contributed by atoms with Gasteiger partial charge in [-0.3, -0.25) is 0 Å². The van der Waals surface area contributed by atoms with Crippen LogP contribution in [0.15, 0.2) is 0 Å². The van der Waals surface area contributed by atoms with Crippen molar-refractivity contribution in [1.82, 2.24) is 0 Å². The smallest absolute Gasteiger partial charge is 0.132 e. The van der Waals surface area contributed by atoms with Crippen molar-refractivity contribution in [3.05, 3.63) is 0 Å². The predicted molar refractivity (Wildman–Crippen MR) is 85.2 cm³/mol. The van der Waals surface area contributed by atoms with Crippen LogP contribution in [0.25, 0.3) is 0 Å². The molecule has 1 nitrogen and oxygen atoms in total. The van der Waals surface area contributed by atoms with Crippen LogP contribution in [0.3, 0.4) is 0 Å². The Bertz CT molecular complexity index is 205. The first-order chi connectivity index (χ1) is 8.69. The zero-order valence-corrected chi connectivity index (χ0v) is 15.5. The molecule has 1 saturated heterocycles. The third kappa shape index (κ3) is 7.96. The van der Waals surface area contributed by atoms with Gasteiger partial charge in [0.25, 0.3) is 0 Å². The molecule has 0 aromatic heterocycles. The maximum Gasteiger partial charge on any atom is 0.132 e. The van der Waals surface area contributed by atoms with Gasteiger partial charge in [0.15, 0.2) is 0 Å². The SMILES string of the molecule is CCCCCCCCCC(S)[N+]1(C)CCCCC1.[Br-]. The second-order valence-corrected chi connectivity index (χ2v) is 6.97. The van der Waals surface area contributed by atoms with Crippen LogP contribution in [-0.4, -0.2) is 30.0 Å². The molecule has 0 amide bonds. The van der Waals surface area contributed by atoms with Crippen molar-refractivity contribution in [2.45, 2.75) is 82.9 Å². The summed E-state index contributed by atoms with van der Waals surface area (Å²) in [5, 5.41) is 0.584. The second-order valence-electron chi connectivity index (χ2n) is 6.38. The lowest BCUT2D eigenvalue weighted by Gasteiger charge is -2.42. The van der Waals surface area contributed by atoms with Gasteiger partial charge in [0.1, 0.15) is 5.37 Å². The van der Waals surface area contributed by atoms with Crippen molar-refractivity contribution in [2.24, 2.45) is 0 Å². The Hall–Kier alpha value is 0.790. The van der Waals surface area contributed by atoms with Crippen molar-refractivity contribution in [2.75, 3.05) is 20.1 Å². The lowest BCUT2D eigenvalue weighted by Crippen LogP contribution is -3.00. The van der Waals surface area contributed by atoms with Crippen LogP contribution in [0, 0.1) is 0 Å². The molecule has 0 bridgehead atoms. The average molecular weight is 352 g/mol. The van der Waals surface area contributed by atoms with Crippen molar-refractivity contribution in [1.29, 1.82) is 0 Å². The number of unbranched alkanes of at least 4 members (excludes halogenated alkanes) is 6. The number of hydrogen-bond donors (Lipinski definition) is 1. The van der Waals surface area contributed by atoms with E-state index in [4.69, 9.17) is 12.6 Å². The Kier molecular flexibility index (Phi) is 11.9. The number of thiol groups is 1. The summed E-state index contributed by atoms with van der Waals surface area (Å²) in [5.41, 5.74) is 0. The molecule has 0 saturated carbocycles. The van der Waals surface area contributed by atoms with E-state index in [1.165, 1.54) is 88.2 Å². The fourth-order valence-electron chi connectivity index (χ4n) is 3.13. The predicted octanol–water partition coefficient (Wildman–Crippen LogP) is 2.02. The Balaban J connectivity index is 0.00000324. The van der Waals surface area contributed by atoms with Crippen LogP contribution in [0.1, 0.15) is 77.6 Å². The third-order valence-electron chi connectivity index (χ3n) is 4.62. The number of nitrogens with zero attached hydrogens (tertiary/aromatic N) is 1. The Morgan fingerprint density at radius 2 is 1.42 bits per heavy atom. The molecule has 0 N–H and O–H groups in total. The zero-order valence-electron chi connectivity index (χ0n) is 13.0. The number of likely N-dealkylation sites (tertiary alicyclic amines) is 1. The first-order valence-corrected chi connectivity index (χ1v) is 8.73. The zero-order chi connectivity index (χ0) is 13.3. The average Bonchev–Trinajstić information content (AvgIpc) is 2.38. The molecule has 1 unspecified atom stereocenters. The monoisotopic (exact) mass is 351 g/mol. The maximum absolute atomic E-state index is 4.89. The fraction of sp³-hybridized carbons (Fsp3) is 1.00. The quantitative estimate of drug-likeness (QED) is 0.366. The van der Waals surface area contributed by atoms with Gasteiger partial charge >= 0.3 is 0 Å². The molecule has 1 aliphatic heterocycles. The van der Waals surface area contributed by atoms with Crippen LogP contribution in [0.2, 0.25) is 0 Å². The summed E-state index contributed by atoms with van der Waals surface area (Å²) in [5.74, 6) is 0. The Labute approximate surface area is 137 Å². The summed E-state index contributed by atoms with van der Waals surface area (Å²) < 4.78 is 1.22. The van der Waals surface area contributed by atoms with E-state index in [2.05, 4.69) is 14.0 Å². The summed E-state index contributed by atoms with van der Waals surface area (Å²) in [6.07, 6.45) is 15.5. The van der Waals surface area contributed by atoms with Crippen molar-refractivity contribution >= 4 is 12.6 Å². The maximum atomic E-state index is 4.89. The molecule has 1 atom stereocenters. The summed E-state index contributed by atoms with van der Waals surface area (Å²) in [7, 11) is 2.41. The molecule has 0 aliphatic carbocycles. The highest BCUT2D eigenvalue weighted by molar-refractivity contribution is 7.80. The van der Waals surface area contributed by atoms with Crippen LogP contribution >= 0.6 is 12.6 Å². The summed E-state index contributed by atoms with van der Waals surface area (Å²) in [6, 6.07) is 0. The molecule has 1 aliphatic rings. The second kappa shape index (κ2) is 11.4. The van der Waals surface area contributed by atoms with E-state index in [0.717, 1.165) is 0 Å². The van der Waals surface area contributed by atoms with E-state index in [0.29, 0.717) is 5.37 Å². The van der Waals surface area contributed by atoms with Crippen LogP contribution in [0.4, 0.5) is 0 Å². The molecule has 116 valence electrons. The molecule has 0 aromatic rings. The Morgan fingerprint density at radius 3 is 2.00 bits per heavy atom. The molecule has 3 heteroatoms. The topological polar surface area (TPSA) is 0 Å². The highest BCUT2D eigenvalue weighted by Gasteiger charge is 2.30. The van der Waals surface area contributed by atoms with Gasteiger partial charge in [0.2, 0.25) is 0 Å². The number of piperidine rings is 1. The van der Waals surface area contributed by atoms with Gasteiger partial charge in [-0.25, -0.2) is 0 Å².